The summed E-state index contributed by atoms with van der Waals surface area (Å²) in [6.45, 7) is 0. The van der Waals surface area contributed by atoms with Crippen LogP contribution in [0.2, 0.25) is 0 Å². The summed E-state index contributed by atoms with van der Waals surface area (Å²) in [6, 6.07) is 17.2. The van der Waals surface area contributed by atoms with E-state index in [-0.39, 0.29) is 21.2 Å². The molecule has 0 radical (unpaired) electrons. The van der Waals surface area contributed by atoms with Crippen molar-refractivity contribution in [3.05, 3.63) is 55.7 Å². The Hall–Kier alpha value is -1.03. The molecule has 1 heterocycles. The molecule has 1 aliphatic rings. The highest BCUT2D eigenvalue weighted by atomic mass is 127. The molecule has 2 aromatic rings. The summed E-state index contributed by atoms with van der Waals surface area (Å²) < 4.78 is 2.98. The third-order valence-corrected chi connectivity index (χ3v) is 5.26. The van der Waals surface area contributed by atoms with Crippen LogP contribution < -0.4 is 26.5 Å². The molecular formula is C12H9IN+. The van der Waals surface area contributed by atoms with Crippen molar-refractivity contribution in [2.75, 3.05) is 5.32 Å². The second-order valence-corrected chi connectivity index (χ2v) is 6.04. The normalized spacial score (nSPS) is 12.6. The van der Waals surface area contributed by atoms with Crippen molar-refractivity contribution in [2.45, 2.75) is 0 Å². The number of benzene rings is 2. The minimum Gasteiger partial charge on any atom is -0.348 e. The third-order valence-electron chi connectivity index (χ3n) is 2.22. The van der Waals surface area contributed by atoms with Crippen LogP contribution in [0.5, 0.6) is 0 Å². The summed E-state index contributed by atoms with van der Waals surface area (Å²) in [5, 5.41) is 3.47. The van der Waals surface area contributed by atoms with Crippen LogP contribution in [0.3, 0.4) is 0 Å². The minimum absolute atomic E-state index is 0.0128. The molecule has 1 aliphatic heterocycles. The predicted molar refractivity (Wildman–Crippen MR) is 53.6 cm³/mol. The molecule has 1 N–H and O–H groups in total. The van der Waals surface area contributed by atoms with Crippen molar-refractivity contribution in [1.29, 1.82) is 0 Å². The molecule has 0 spiro atoms. The van der Waals surface area contributed by atoms with Crippen LogP contribution in [0.25, 0.3) is 0 Å². The number of hydrogen-bond donors (Lipinski definition) is 1. The molecule has 68 valence electrons. The minimum atomic E-state index is 0.0128. The van der Waals surface area contributed by atoms with E-state index in [0.29, 0.717) is 0 Å². The summed E-state index contributed by atoms with van der Waals surface area (Å²) in [6.07, 6.45) is 0. The van der Waals surface area contributed by atoms with Crippen LogP contribution >= 0.6 is 0 Å². The van der Waals surface area contributed by atoms with Gasteiger partial charge in [-0.2, -0.15) is 0 Å². The first-order chi connectivity index (χ1) is 6.93. The molecular weight excluding hydrogens is 285 g/mol. The Bertz CT molecular complexity index is 392. The SMILES string of the molecule is c1ccc2c(c1)Nc1ccccc1[I+]2. The number of rotatable bonds is 0. The van der Waals surface area contributed by atoms with Gasteiger partial charge in [0, 0.05) is 0 Å². The zero-order valence-corrected chi connectivity index (χ0v) is 9.65. The second kappa shape index (κ2) is 3.28. The number of hydrogen-bond acceptors (Lipinski definition) is 1. The third kappa shape index (κ3) is 1.30. The van der Waals surface area contributed by atoms with Gasteiger partial charge in [-0.1, -0.05) is 24.3 Å². The largest absolute Gasteiger partial charge is 0.362 e. The maximum atomic E-state index is 3.47. The van der Waals surface area contributed by atoms with Crippen molar-refractivity contribution in [3.63, 3.8) is 0 Å². The van der Waals surface area contributed by atoms with E-state index in [1.807, 2.05) is 0 Å². The number of halogens is 1. The molecule has 0 fully saturated rings. The zero-order chi connectivity index (χ0) is 9.38. The summed E-state index contributed by atoms with van der Waals surface area (Å²) in [7, 11) is 0. The quantitative estimate of drug-likeness (QED) is 0.570. The molecule has 14 heavy (non-hydrogen) atoms. The molecule has 0 aliphatic carbocycles. The van der Waals surface area contributed by atoms with Gasteiger partial charge >= 0.3 is 21.2 Å². The van der Waals surface area contributed by atoms with Crippen LogP contribution in [0.4, 0.5) is 11.4 Å². The number of nitrogens with one attached hydrogen (secondary N) is 1. The van der Waals surface area contributed by atoms with Gasteiger partial charge in [0.25, 0.3) is 0 Å². The lowest BCUT2D eigenvalue weighted by atomic mass is 10.3. The van der Waals surface area contributed by atoms with Gasteiger partial charge in [0.05, 0.1) is 11.4 Å². The topological polar surface area (TPSA) is 12.0 Å². The molecule has 2 aromatic carbocycles. The maximum Gasteiger partial charge on any atom is 0.362 e. The smallest absolute Gasteiger partial charge is 0.348 e. The summed E-state index contributed by atoms with van der Waals surface area (Å²) in [4.78, 5) is 0. The molecule has 1 nitrogen and oxygen atoms in total. The van der Waals surface area contributed by atoms with Gasteiger partial charge in [0.1, 0.15) is 0 Å². The van der Waals surface area contributed by atoms with Gasteiger partial charge in [0.15, 0.2) is 0 Å². The van der Waals surface area contributed by atoms with Crippen LogP contribution in [0, 0.1) is 7.14 Å². The Kier molecular flexibility index (Phi) is 1.94. The van der Waals surface area contributed by atoms with E-state index in [2.05, 4.69) is 53.8 Å². The van der Waals surface area contributed by atoms with E-state index < -0.39 is 0 Å². The molecule has 2 heteroatoms. The first kappa shape index (κ1) is 8.29. The van der Waals surface area contributed by atoms with Crippen molar-refractivity contribution in [2.24, 2.45) is 0 Å². The fraction of sp³-hybridized carbons (Fsp3) is 0. The molecule has 0 atom stereocenters. The highest BCUT2D eigenvalue weighted by molar-refractivity contribution is 5.60. The highest BCUT2D eigenvalue weighted by Crippen LogP contribution is 2.17. The van der Waals surface area contributed by atoms with Crippen molar-refractivity contribution in [3.8, 4) is 0 Å². The van der Waals surface area contributed by atoms with E-state index >= 15 is 0 Å². The maximum absolute atomic E-state index is 3.47. The van der Waals surface area contributed by atoms with Gasteiger partial charge in [-0.3, -0.25) is 0 Å². The van der Waals surface area contributed by atoms with Crippen LogP contribution in [-0.2, 0) is 0 Å². The van der Waals surface area contributed by atoms with Crippen molar-refractivity contribution < 1.29 is 21.2 Å². The fourth-order valence-electron chi connectivity index (χ4n) is 1.54. The summed E-state index contributed by atoms with van der Waals surface area (Å²) >= 11 is 0.0128. The standard InChI is InChI=1S/C12H9IN/c1-3-7-11-9(5-1)13-10-6-2-4-8-12(10)14-11/h1-8,14H/q+1. The molecule has 3 rings (SSSR count). The molecule has 0 saturated carbocycles. The monoisotopic (exact) mass is 294 g/mol. The first-order valence-electron chi connectivity index (χ1n) is 4.53. The Labute approximate surface area is 93.4 Å². The molecule has 0 unspecified atom stereocenters. The second-order valence-electron chi connectivity index (χ2n) is 3.18. The Morgan fingerprint density at radius 3 is 1.79 bits per heavy atom. The summed E-state index contributed by atoms with van der Waals surface area (Å²) in [5.41, 5.74) is 2.58. The van der Waals surface area contributed by atoms with E-state index in [1.165, 1.54) is 18.5 Å². The average molecular weight is 294 g/mol. The summed E-state index contributed by atoms with van der Waals surface area (Å²) in [5.74, 6) is 0. The Morgan fingerprint density at radius 2 is 1.21 bits per heavy atom. The number of anilines is 2. The van der Waals surface area contributed by atoms with E-state index in [4.69, 9.17) is 0 Å². The fourth-order valence-corrected chi connectivity index (χ4v) is 4.16. The zero-order valence-electron chi connectivity index (χ0n) is 7.50. The van der Waals surface area contributed by atoms with Gasteiger partial charge in [-0.25, -0.2) is 0 Å². The van der Waals surface area contributed by atoms with Gasteiger partial charge in [0.2, 0.25) is 7.14 Å². The van der Waals surface area contributed by atoms with Gasteiger partial charge in [-0.15, -0.1) is 0 Å². The van der Waals surface area contributed by atoms with Crippen LogP contribution in [-0.4, -0.2) is 0 Å². The lowest BCUT2D eigenvalue weighted by Crippen LogP contribution is -3.62. The Morgan fingerprint density at radius 1 is 0.714 bits per heavy atom. The molecule has 0 amide bonds. The number of fused-ring (bicyclic) bond motifs is 2. The molecule has 0 bridgehead atoms. The number of para-hydroxylation sites is 2. The lowest BCUT2D eigenvalue weighted by Gasteiger charge is -2.10. The van der Waals surface area contributed by atoms with Crippen LogP contribution in [0.1, 0.15) is 0 Å². The van der Waals surface area contributed by atoms with Crippen molar-refractivity contribution >= 4 is 11.4 Å². The van der Waals surface area contributed by atoms with Gasteiger partial charge < -0.3 is 5.32 Å². The average Bonchev–Trinajstić information content (AvgIpc) is 2.26. The molecule has 0 aromatic heterocycles. The van der Waals surface area contributed by atoms with Gasteiger partial charge in [-0.05, 0) is 24.3 Å². The lowest BCUT2D eigenvalue weighted by molar-refractivity contribution is -0.596. The molecule has 0 saturated heterocycles. The van der Waals surface area contributed by atoms with E-state index in [0.717, 1.165) is 0 Å². The first-order valence-corrected chi connectivity index (χ1v) is 6.69. The highest BCUT2D eigenvalue weighted by Gasteiger charge is 2.27. The van der Waals surface area contributed by atoms with E-state index in [9.17, 15) is 0 Å². The van der Waals surface area contributed by atoms with Crippen molar-refractivity contribution in [1.82, 2.24) is 0 Å². The predicted octanol–water partition coefficient (Wildman–Crippen LogP) is -0.128. The van der Waals surface area contributed by atoms with Crippen LogP contribution in [0.15, 0.2) is 48.5 Å². The van der Waals surface area contributed by atoms with E-state index in [1.54, 1.807) is 0 Å². The Balaban J connectivity index is 2.12.